The number of sulfonamides is 1. The minimum atomic E-state index is -3.72. The Morgan fingerprint density at radius 1 is 1.37 bits per heavy atom. The molecule has 4 nitrogen and oxygen atoms in total. The molecule has 2 rings (SSSR count). The maximum atomic E-state index is 13.2. The number of alkyl halides is 1. The lowest BCUT2D eigenvalue weighted by Crippen LogP contribution is -2.40. The van der Waals surface area contributed by atoms with Crippen molar-refractivity contribution in [2.75, 3.05) is 12.4 Å². The normalized spacial score (nSPS) is 17.2. The van der Waals surface area contributed by atoms with Gasteiger partial charge in [-0.2, -0.15) is 4.31 Å². The van der Waals surface area contributed by atoms with Crippen LogP contribution in [0.15, 0.2) is 23.4 Å². The van der Waals surface area contributed by atoms with Gasteiger partial charge in [0.25, 0.3) is 0 Å². The number of pyridine rings is 1. The highest BCUT2D eigenvalue weighted by Gasteiger charge is 2.33. The monoisotopic (exact) mass is 306 g/mol. The second kappa shape index (κ2) is 6.15. The summed E-state index contributed by atoms with van der Waals surface area (Å²) >= 11 is 5.70. The fourth-order valence-electron chi connectivity index (χ4n) is 2.44. The Hall–Kier alpha value is -0.720. The molecule has 0 saturated heterocycles. The summed E-state index contributed by atoms with van der Waals surface area (Å²) in [5.41, 5.74) is 0. The number of hydrogen-bond donors (Lipinski definition) is 0. The van der Waals surface area contributed by atoms with Gasteiger partial charge in [-0.1, -0.05) is 12.8 Å². The predicted octanol–water partition coefficient (Wildman–Crippen LogP) is 2.39. The van der Waals surface area contributed by atoms with E-state index in [-0.39, 0.29) is 23.4 Å². The zero-order valence-corrected chi connectivity index (χ0v) is 12.0. The number of rotatable bonds is 5. The van der Waals surface area contributed by atoms with Gasteiger partial charge in [0, 0.05) is 24.7 Å². The molecule has 1 aliphatic rings. The minimum absolute atomic E-state index is 0.0352. The van der Waals surface area contributed by atoms with Crippen molar-refractivity contribution in [1.29, 1.82) is 0 Å². The number of halogens is 2. The Labute approximate surface area is 117 Å². The van der Waals surface area contributed by atoms with Gasteiger partial charge in [-0.3, -0.25) is 4.98 Å². The van der Waals surface area contributed by atoms with Crippen molar-refractivity contribution in [3.05, 3.63) is 24.3 Å². The van der Waals surface area contributed by atoms with Gasteiger partial charge in [-0.05, 0) is 18.9 Å². The third-order valence-corrected chi connectivity index (χ3v) is 5.41. The molecule has 0 bridgehead atoms. The van der Waals surface area contributed by atoms with E-state index in [4.69, 9.17) is 11.6 Å². The first-order chi connectivity index (χ1) is 9.05. The van der Waals surface area contributed by atoms with Crippen LogP contribution in [-0.2, 0) is 10.0 Å². The van der Waals surface area contributed by atoms with Crippen LogP contribution in [0, 0.1) is 5.82 Å². The van der Waals surface area contributed by atoms with Crippen LogP contribution in [0.2, 0.25) is 0 Å². The van der Waals surface area contributed by atoms with E-state index in [1.807, 2.05) is 0 Å². The highest BCUT2D eigenvalue weighted by Crippen LogP contribution is 2.28. The quantitative estimate of drug-likeness (QED) is 0.785. The fraction of sp³-hybridized carbons (Fsp3) is 0.583. The SMILES string of the molecule is O=S(=O)(c1cncc(F)c1)N(CCCl)C1CCCC1. The zero-order chi connectivity index (χ0) is 13.9. The van der Waals surface area contributed by atoms with Crippen LogP contribution in [0.4, 0.5) is 4.39 Å². The third kappa shape index (κ3) is 3.24. The molecule has 0 unspecified atom stereocenters. The van der Waals surface area contributed by atoms with Gasteiger partial charge < -0.3 is 0 Å². The van der Waals surface area contributed by atoms with Crippen molar-refractivity contribution >= 4 is 21.6 Å². The molecule has 1 aromatic heterocycles. The Morgan fingerprint density at radius 2 is 2.05 bits per heavy atom. The second-order valence-corrected chi connectivity index (χ2v) is 6.85. The number of aromatic nitrogens is 1. The largest absolute Gasteiger partial charge is 0.260 e. The lowest BCUT2D eigenvalue weighted by Gasteiger charge is -2.27. The molecule has 1 saturated carbocycles. The molecule has 0 spiro atoms. The first-order valence-electron chi connectivity index (χ1n) is 6.24. The summed E-state index contributed by atoms with van der Waals surface area (Å²) in [6.07, 6.45) is 5.85. The molecule has 0 atom stereocenters. The zero-order valence-electron chi connectivity index (χ0n) is 10.4. The molecule has 7 heteroatoms. The molecule has 0 amide bonds. The summed E-state index contributed by atoms with van der Waals surface area (Å²) in [5.74, 6) is -0.434. The molecule has 0 aromatic carbocycles. The standard InChI is InChI=1S/C12H16ClFN2O2S/c13-5-6-16(11-3-1-2-4-11)19(17,18)12-7-10(14)8-15-9-12/h7-9,11H,1-6H2. The van der Waals surface area contributed by atoms with E-state index in [1.54, 1.807) is 0 Å². The van der Waals surface area contributed by atoms with Gasteiger partial charge in [-0.25, -0.2) is 12.8 Å². The number of nitrogens with zero attached hydrogens (tertiary/aromatic N) is 2. The smallest absolute Gasteiger partial charge is 0.245 e. The van der Waals surface area contributed by atoms with Crippen LogP contribution in [-0.4, -0.2) is 36.2 Å². The molecular weight excluding hydrogens is 291 g/mol. The molecule has 1 heterocycles. The molecule has 19 heavy (non-hydrogen) atoms. The molecule has 0 aliphatic heterocycles. The summed E-state index contributed by atoms with van der Waals surface area (Å²) in [7, 11) is -3.72. The molecule has 1 aliphatic carbocycles. The van der Waals surface area contributed by atoms with Crippen molar-refractivity contribution in [2.45, 2.75) is 36.6 Å². The first kappa shape index (κ1) is 14.7. The predicted molar refractivity (Wildman–Crippen MR) is 71.1 cm³/mol. The first-order valence-corrected chi connectivity index (χ1v) is 8.21. The Morgan fingerprint density at radius 3 is 2.63 bits per heavy atom. The third-order valence-electron chi connectivity index (χ3n) is 3.32. The van der Waals surface area contributed by atoms with Gasteiger partial charge in [0.2, 0.25) is 10.0 Å². The summed E-state index contributed by atoms with van der Waals surface area (Å²) < 4.78 is 39.6. The van der Waals surface area contributed by atoms with Crippen LogP contribution in [0.5, 0.6) is 0 Å². The summed E-state index contributed by atoms with van der Waals surface area (Å²) in [6.45, 7) is 0.241. The van der Waals surface area contributed by atoms with Gasteiger partial charge in [0.15, 0.2) is 0 Å². The fourth-order valence-corrected chi connectivity index (χ4v) is 4.39. The molecule has 1 fully saturated rings. The lowest BCUT2D eigenvalue weighted by molar-refractivity contribution is 0.336. The Kier molecular flexibility index (Phi) is 4.76. The Bertz CT molecular complexity index is 532. The van der Waals surface area contributed by atoms with Gasteiger partial charge >= 0.3 is 0 Å². The van der Waals surface area contributed by atoms with Crippen LogP contribution >= 0.6 is 11.6 Å². The second-order valence-electron chi connectivity index (χ2n) is 4.58. The van der Waals surface area contributed by atoms with Crippen molar-refractivity contribution in [1.82, 2.24) is 9.29 Å². The molecule has 106 valence electrons. The topological polar surface area (TPSA) is 50.3 Å². The highest BCUT2D eigenvalue weighted by molar-refractivity contribution is 7.89. The minimum Gasteiger partial charge on any atom is -0.260 e. The van der Waals surface area contributed by atoms with E-state index >= 15 is 0 Å². The van der Waals surface area contributed by atoms with E-state index in [1.165, 1.54) is 10.5 Å². The lowest BCUT2D eigenvalue weighted by atomic mass is 10.2. The Balaban J connectivity index is 2.33. The highest BCUT2D eigenvalue weighted by atomic mass is 35.5. The van der Waals surface area contributed by atoms with Crippen molar-refractivity contribution < 1.29 is 12.8 Å². The van der Waals surface area contributed by atoms with E-state index in [9.17, 15) is 12.8 Å². The number of hydrogen-bond acceptors (Lipinski definition) is 3. The van der Waals surface area contributed by atoms with Crippen LogP contribution in [0.25, 0.3) is 0 Å². The average Bonchev–Trinajstić information content (AvgIpc) is 2.89. The van der Waals surface area contributed by atoms with Crippen molar-refractivity contribution in [2.24, 2.45) is 0 Å². The van der Waals surface area contributed by atoms with Crippen LogP contribution in [0.3, 0.4) is 0 Å². The molecule has 1 aromatic rings. The molecular formula is C12H16ClFN2O2S. The van der Waals surface area contributed by atoms with E-state index in [2.05, 4.69) is 4.98 Å². The summed E-state index contributed by atoms with van der Waals surface area (Å²) in [4.78, 5) is 3.50. The van der Waals surface area contributed by atoms with E-state index in [0.717, 1.165) is 37.9 Å². The van der Waals surface area contributed by atoms with Crippen LogP contribution in [0.1, 0.15) is 25.7 Å². The van der Waals surface area contributed by atoms with Gasteiger partial charge in [0.05, 0.1) is 6.20 Å². The molecule has 0 N–H and O–H groups in total. The summed E-state index contributed by atoms with van der Waals surface area (Å²) in [5, 5.41) is 0. The molecule has 0 radical (unpaired) electrons. The van der Waals surface area contributed by atoms with Crippen molar-refractivity contribution in [3.8, 4) is 0 Å². The van der Waals surface area contributed by atoms with Gasteiger partial charge in [-0.15, -0.1) is 11.6 Å². The van der Waals surface area contributed by atoms with Crippen LogP contribution < -0.4 is 0 Å². The average molecular weight is 307 g/mol. The van der Waals surface area contributed by atoms with Gasteiger partial charge in [0.1, 0.15) is 10.7 Å². The van der Waals surface area contributed by atoms with Crippen molar-refractivity contribution in [3.63, 3.8) is 0 Å². The van der Waals surface area contributed by atoms with E-state index in [0.29, 0.717) is 0 Å². The van der Waals surface area contributed by atoms with E-state index < -0.39 is 15.8 Å². The maximum absolute atomic E-state index is 13.2. The maximum Gasteiger partial charge on any atom is 0.245 e. The summed E-state index contributed by atoms with van der Waals surface area (Å²) in [6, 6.07) is 0.963.